The lowest BCUT2D eigenvalue weighted by Gasteiger charge is -2.30. The van der Waals surface area contributed by atoms with E-state index in [-0.39, 0.29) is 17.6 Å². The molecule has 4 heteroatoms. The van der Waals surface area contributed by atoms with Gasteiger partial charge in [-0.3, -0.25) is 4.79 Å². The minimum Gasteiger partial charge on any atom is -0.508 e. The first-order chi connectivity index (χ1) is 11.6. The second-order valence-corrected chi connectivity index (χ2v) is 6.40. The molecule has 0 radical (unpaired) electrons. The number of nitrogens with zero attached hydrogens (tertiary/aromatic N) is 1. The Morgan fingerprint density at radius 2 is 2.08 bits per heavy atom. The van der Waals surface area contributed by atoms with Crippen LogP contribution in [0.15, 0.2) is 42.5 Å². The van der Waals surface area contributed by atoms with E-state index in [4.69, 9.17) is 4.74 Å². The van der Waals surface area contributed by atoms with Gasteiger partial charge in [0, 0.05) is 19.5 Å². The van der Waals surface area contributed by atoms with Crippen LogP contribution in [-0.2, 0) is 17.8 Å². The van der Waals surface area contributed by atoms with E-state index in [0.29, 0.717) is 13.0 Å². The summed E-state index contributed by atoms with van der Waals surface area (Å²) < 4.78 is 5.26. The van der Waals surface area contributed by atoms with Gasteiger partial charge in [-0.2, -0.15) is 0 Å². The number of ether oxygens (including phenoxy) is 1. The number of hydrogen-bond donors (Lipinski definition) is 1. The van der Waals surface area contributed by atoms with Gasteiger partial charge in [0.05, 0.1) is 7.11 Å². The fourth-order valence-corrected chi connectivity index (χ4v) is 3.21. The average molecular weight is 325 g/mol. The molecule has 2 aromatic rings. The molecule has 1 atom stereocenters. The molecule has 0 aliphatic carbocycles. The van der Waals surface area contributed by atoms with Crippen LogP contribution in [0, 0.1) is 0 Å². The van der Waals surface area contributed by atoms with Crippen molar-refractivity contribution in [3.05, 3.63) is 59.2 Å². The Bertz CT molecular complexity index is 741. The van der Waals surface area contributed by atoms with E-state index in [2.05, 4.69) is 6.92 Å². The molecule has 24 heavy (non-hydrogen) atoms. The normalized spacial score (nSPS) is 14.8. The van der Waals surface area contributed by atoms with Gasteiger partial charge in [-0.1, -0.05) is 25.1 Å². The number of carbonyl (C=O) groups is 1. The minimum atomic E-state index is 0.137. The number of fused-ring (bicyclic) bond motifs is 1. The van der Waals surface area contributed by atoms with Crippen molar-refractivity contribution >= 4 is 5.91 Å². The SMILES string of the molecule is COc1cccc(C(C)CC(=O)N2CCc3ccc(O)cc3C2)c1. The Morgan fingerprint density at radius 3 is 2.88 bits per heavy atom. The van der Waals surface area contributed by atoms with Crippen molar-refractivity contribution in [3.63, 3.8) is 0 Å². The van der Waals surface area contributed by atoms with Gasteiger partial charge >= 0.3 is 0 Å². The van der Waals surface area contributed by atoms with Crippen molar-refractivity contribution < 1.29 is 14.6 Å². The van der Waals surface area contributed by atoms with Crippen LogP contribution in [0.4, 0.5) is 0 Å². The van der Waals surface area contributed by atoms with Crippen LogP contribution < -0.4 is 4.74 Å². The van der Waals surface area contributed by atoms with E-state index in [0.717, 1.165) is 29.8 Å². The third-order valence-corrected chi connectivity index (χ3v) is 4.70. The Balaban J connectivity index is 1.66. The molecule has 0 bridgehead atoms. The van der Waals surface area contributed by atoms with Gasteiger partial charge < -0.3 is 14.7 Å². The lowest BCUT2D eigenvalue weighted by atomic mass is 9.95. The zero-order valence-electron chi connectivity index (χ0n) is 14.2. The smallest absolute Gasteiger partial charge is 0.223 e. The number of carbonyl (C=O) groups excluding carboxylic acids is 1. The summed E-state index contributed by atoms with van der Waals surface area (Å²) in [5, 5.41) is 9.64. The predicted octanol–water partition coefficient (Wildman–Crippen LogP) is 3.48. The second-order valence-electron chi connectivity index (χ2n) is 6.40. The zero-order chi connectivity index (χ0) is 17.1. The highest BCUT2D eigenvalue weighted by Crippen LogP contribution is 2.27. The van der Waals surface area contributed by atoms with Crippen molar-refractivity contribution in [3.8, 4) is 11.5 Å². The van der Waals surface area contributed by atoms with Gasteiger partial charge in [-0.15, -0.1) is 0 Å². The fraction of sp³-hybridized carbons (Fsp3) is 0.350. The molecule has 3 rings (SSSR count). The summed E-state index contributed by atoms with van der Waals surface area (Å²) in [7, 11) is 1.65. The fourth-order valence-electron chi connectivity index (χ4n) is 3.21. The quantitative estimate of drug-likeness (QED) is 0.936. The Hall–Kier alpha value is -2.49. The summed E-state index contributed by atoms with van der Waals surface area (Å²) >= 11 is 0. The molecule has 1 aliphatic heterocycles. The number of aromatic hydroxyl groups is 1. The third kappa shape index (κ3) is 3.53. The molecule has 1 N–H and O–H groups in total. The van der Waals surface area contributed by atoms with Crippen LogP contribution in [0.25, 0.3) is 0 Å². The van der Waals surface area contributed by atoms with Crippen molar-refractivity contribution in [2.75, 3.05) is 13.7 Å². The molecular weight excluding hydrogens is 302 g/mol. The maximum atomic E-state index is 12.7. The number of rotatable bonds is 4. The molecule has 0 aromatic heterocycles. The van der Waals surface area contributed by atoms with Crippen LogP contribution in [0.2, 0.25) is 0 Å². The van der Waals surface area contributed by atoms with Crippen molar-refractivity contribution in [1.82, 2.24) is 4.90 Å². The lowest BCUT2D eigenvalue weighted by molar-refractivity contribution is -0.132. The molecule has 1 unspecified atom stereocenters. The van der Waals surface area contributed by atoms with E-state index >= 15 is 0 Å². The van der Waals surface area contributed by atoms with Crippen LogP contribution >= 0.6 is 0 Å². The first kappa shape index (κ1) is 16.4. The van der Waals surface area contributed by atoms with Gasteiger partial charge in [0.25, 0.3) is 0 Å². The summed E-state index contributed by atoms with van der Waals surface area (Å²) in [5.41, 5.74) is 3.37. The van der Waals surface area contributed by atoms with Gasteiger partial charge in [0.2, 0.25) is 5.91 Å². The maximum Gasteiger partial charge on any atom is 0.223 e. The summed E-state index contributed by atoms with van der Waals surface area (Å²) in [6, 6.07) is 13.3. The number of methoxy groups -OCH3 is 1. The van der Waals surface area contributed by atoms with E-state index < -0.39 is 0 Å². The minimum absolute atomic E-state index is 0.137. The van der Waals surface area contributed by atoms with E-state index in [1.807, 2.05) is 35.2 Å². The topological polar surface area (TPSA) is 49.8 Å². The summed E-state index contributed by atoms with van der Waals surface area (Å²) in [6.45, 7) is 3.38. The molecule has 126 valence electrons. The Labute approximate surface area is 142 Å². The van der Waals surface area contributed by atoms with E-state index in [1.165, 1.54) is 5.56 Å². The molecule has 1 heterocycles. The number of amides is 1. The summed E-state index contributed by atoms with van der Waals surface area (Å²) in [5.74, 6) is 1.36. The van der Waals surface area contributed by atoms with E-state index in [9.17, 15) is 9.90 Å². The third-order valence-electron chi connectivity index (χ3n) is 4.70. The molecule has 1 amide bonds. The molecule has 0 fully saturated rings. The lowest BCUT2D eigenvalue weighted by Crippen LogP contribution is -2.36. The Morgan fingerprint density at radius 1 is 1.25 bits per heavy atom. The van der Waals surface area contributed by atoms with Gasteiger partial charge in [-0.05, 0) is 53.3 Å². The molecule has 4 nitrogen and oxygen atoms in total. The molecule has 0 saturated carbocycles. The standard InChI is InChI=1S/C20H23NO3/c1-14(16-4-3-5-19(12-16)24-2)10-20(23)21-9-8-15-6-7-18(22)11-17(15)13-21/h3-7,11-12,14,22H,8-10,13H2,1-2H3. The monoisotopic (exact) mass is 325 g/mol. The maximum absolute atomic E-state index is 12.7. The summed E-state index contributed by atoms with van der Waals surface area (Å²) in [4.78, 5) is 14.6. The van der Waals surface area contributed by atoms with Crippen LogP contribution in [0.3, 0.4) is 0 Å². The number of benzene rings is 2. The summed E-state index contributed by atoms with van der Waals surface area (Å²) in [6.07, 6.45) is 1.32. The van der Waals surface area contributed by atoms with Gasteiger partial charge in [0.15, 0.2) is 0 Å². The Kier molecular flexibility index (Phi) is 4.74. The van der Waals surface area contributed by atoms with Crippen LogP contribution in [-0.4, -0.2) is 29.6 Å². The van der Waals surface area contributed by atoms with E-state index in [1.54, 1.807) is 19.2 Å². The van der Waals surface area contributed by atoms with Gasteiger partial charge in [-0.25, -0.2) is 0 Å². The van der Waals surface area contributed by atoms with Crippen LogP contribution in [0.1, 0.15) is 36.0 Å². The molecule has 0 spiro atoms. The molecule has 0 saturated heterocycles. The first-order valence-corrected chi connectivity index (χ1v) is 8.29. The predicted molar refractivity (Wildman–Crippen MR) is 93.3 cm³/mol. The molecular formula is C20H23NO3. The largest absolute Gasteiger partial charge is 0.508 e. The number of phenolic OH excluding ortho intramolecular Hbond substituents is 1. The van der Waals surface area contributed by atoms with Crippen molar-refractivity contribution in [2.24, 2.45) is 0 Å². The highest BCUT2D eigenvalue weighted by molar-refractivity contribution is 5.77. The zero-order valence-corrected chi connectivity index (χ0v) is 14.2. The first-order valence-electron chi connectivity index (χ1n) is 8.29. The molecule has 2 aromatic carbocycles. The van der Waals surface area contributed by atoms with Gasteiger partial charge in [0.1, 0.15) is 11.5 Å². The van der Waals surface area contributed by atoms with Crippen molar-refractivity contribution in [2.45, 2.75) is 32.2 Å². The molecule has 1 aliphatic rings. The average Bonchev–Trinajstić information content (AvgIpc) is 2.61. The van der Waals surface area contributed by atoms with Crippen LogP contribution in [0.5, 0.6) is 11.5 Å². The number of phenols is 1. The number of hydrogen-bond acceptors (Lipinski definition) is 3. The highest BCUT2D eigenvalue weighted by Gasteiger charge is 2.22. The highest BCUT2D eigenvalue weighted by atomic mass is 16.5. The second kappa shape index (κ2) is 6.95. The van der Waals surface area contributed by atoms with Crippen molar-refractivity contribution in [1.29, 1.82) is 0 Å².